The summed E-state index contributed by atoms with van der Waals surface area (Å²) in [5.74, 6) is 0. The van der Waals surface area contributed by atoms with Crippen LogP contribution in [0, 0.1) is 0 Å². The van der Waals surface area contributed by atoms with Crippen molar-refractivity contribution in [3.8, 4) is 0 Å². The third kappa shape index (κ3) is 2.36. The Morgan fingerprint density at radius 1 is 1.50 bits per heavy atom. The van der Waals surface area contributed by atoms with E-state index < -0.39 is 0 Å². The summed E-state index contributed by atoms with van der Waals surface area (Å²) in [7, 11) is 1.36. The Bertz CT molecular complexity index is 308. The van der Waals surface area contributed by atoms with Crippen molar-refractivity contribution < 1.29 is 9.53 Å². The van der Waals surface area contributed by atoms with Gasteiger partial charge in [-0.05, 0) is 12.1 Å². The fraction of sp³-hybridized carbons (Fsp3) is 0.182. The van der Waals surface area contributed by atoms with Crippen LogP contribution in [-0.4, -0.2) is 19.7 Å². The number of amides is 1. The van der Waals surface area contributed by atoms with E-state index in [0.717, 1.165) is 5.69 Å². The number of hydrogen-bond donors (Lipinski definition) is 0. The smallest absolute Gasteiger partial charge is 0.414 e. The van der Waals surface area contributed by atoms with Gasteiger partial charge in [0, 0.05) is 12.2 Å². The lowest BCUT2D eigenvalue weighted by Crippen LogP contribution is -2.30. The number of hydrogen-bond acceptors (Lipinski definition) is 2. The van der Waals surface area contributed by atoms with Crippen LogP contribution >= 0.6 is 0 Å². The molecule has 3 nitrogen and oxygen atoms in total. The van der Waals surface area contributed by atoms with Gasteiger partial charge in [0.15, 0.2) is 0 Å². The van der Waals surface area contributed by atoms with Crippen LogP contribution in [0.3, 0.4) is 0 Å². The average molecular weight is 191 g/mol. The molecule has 0 spiro atoms. The summed E-state index contributed by atoms with van der Waals surface area (Å²) in [5, 5.41) is 0. The molecule has 1 rings (SSSR count). The highest BCUT2D eigenvalue weighted by molar-refractivity contribution is 5.87. The van der Waals surface area contributed by atoms with Crippen molar-refractivity contribution in [2.24, 2.45) is 0 Å². The molecule has 1 aromatic carbocycles. The van der Waals surface area contributed by atoms with Crippen LogP contribution in [0.1, 0.15) is 0 Å². The Kier molecular flexibility index (Phi) is 3.73. The second-order valence-corrected chi connectivity index (χ2v) is 2.70. The molecule has 0 N–H and O–H groups in total. The highest BCUT2D eigenvalue weighted by Gasteiger charge is 2.13. The van der Waals surface area contributed by atoms with E-state index in [1.165, 1.54) is 12.0 Å². The third-order valence-electron chi connectivity index (χ3n) is 1.77. The van der Waals surface area contributed by atoms with E-state index in [0.29, 0.717) is 6.54 Å². The molecule has 1 aromatic rings. The van der Waals surface area contributed by atoms with Crippen molar-refractivity contribution in [1.82, 2.24) is 0 Å². The maximum atomic E-state index is 11.4. The normalized spacial score (nSPS) is 9.21. The second kappa shape index (κ2) is 5.07. The van der Waals surface area contributed by atoms with E-state index in [4.69, 9.17) is 0 Å². The minimum absolute atomic E-state index is 0.379. The molecule has 0 saturated heterocycles. The van der Waals surface area contributed by atoms with Gasteiger partial charge in [-0.2, -0.15) is 0 Å². The Balaban J connectivity index is 2.88. The molecule has 0 saturated carbocycles. The summed E-state index contributed by atoms with van der Waals surface area (Å²) in [4.78, 5) is 12.9. The topological polar surface area (TPSA) is 29.5 Å². The SMILES string of the molecule is C=CCN(C(=O)OC)c1ccccc1. The number of carbonyl (C=O) groups excluding carboxylic acids is 1. The van der Waals surface area contributed by atoms with E-state index in [1.54, 1.807) is 6.08 Å². The first kappa shape index (κ1) is 10.3. The highest BCUT2D eigenvalue weighted by atomic mass is 16.5. The van der Waals surface area contributed by atoms with Gasteiger partial charge in [0.1, 0.15) is 0 Å². The van der Waals surface area contributed by atoms with Gasteiger partial charge in [0.25, 0.3) is 0 Å². The molecule has 0 atom stereocenters. The van der Waals surface area contributed by atoms with Crippen molar-refractivity contribution in [3.05, 3.63) is 43.0 Å². The Hall–Kier alpha value is -1.77. The van der Waals surface area contributed by atoms with Crippen molar-refractivity contribution in [2.75, 3.05) is 18.6 Å². The molecule has 0 bridgehead atoms. The lowest BCUT2D eigenvalue weighted by Gasteiger charge is -2.19. The van der Waals surface area contributed by atoms with Crippen molar-refractivity contribution in [2.45, 2.75) is 0 Å². The number of benzene rings is 1. The average Bonchev–Trinajstić information content (AvgIpc) is 2.26. The number of ether oxygens (including phenoxy) is 1. The summed E-state index contributed by atoms with van der Waals surface area (Å²) in [6.45, 7) is 4.03. The maximum absolute atomic E-state index is 11.4. The molecule has 1 amide bonds. The largest absolute Gasteiger partial charge is 0.452 e. The standard InChI is InChI=1S/C11H13NO2/c1-3-9-12(11(13)14-2)10-7-5-4-6-8-10/h3-8H,1,9H2,2H3. The molecule has 0 aliphatic heterocycles. The summed E-state index contributed by atoms with van der Waals surface area (Å²) in [6.07, 6.45) is 1.28. The molecule has 0 aromatic heterocycles. The van der Waals surface area contributed by atoms with Gasteiger partial charge in [0.2, 0.25) is 0 Å². The van der Waals surface area contributed by atoms with E-state index in [2.05, 4.69) is 11.3 Å². The number of carbonyl (C=O) groups is 1. The quantitative estimate of drug-likeness (QED) is 0.687. The number of anilines is 1. The van der Waals surface area contributed by atoms with Gasteiger partial charge >= 0.3 is 6.09 Å². The van der Waals surface area contributed by atoms with Crippen molar-refractivity contribution in [1.29, 1.82) is 0 Å². The molecule has 0 aliphatic rings. The Morgan fingerprint density at radius 3 is 2.64 bits per heavy atom. The minimum atomic E-state index is -0.379. The van der Waals surface area contributed by atoms with Crippen LogP contribution in [0.15, 0.2) is 43.0 Å². The van der Waals surface area contributed by atoms with E-state index in [9.17, 15) is 4.79 Å². The summed E-state index contributed by atoms with van der Waals surface area (Å²) in [6, 6.07) is 9.33. The Morgan fingerprint density at radius 2 is 2.14 bits per heavy atom. The van der Waals surface area contributed by atoms with Gasteiger partial charge in [-0.15, -0.1) is 6.58 Å². The highest BCUT2D eigenvalue weighted by Crippen LogP contribution is 2.13. The predicted octanol–water partition coefficient (Wildman–Crippen LogP) is 2.45. The first-order valence-corrected chi connectivity index (χ1v) is 4.31. The van der Waals surface area contributed by atoms with E-state index in [1.807, 2.05) is 30.3 Å². The molecule has 74 valence electrons. The minimum Gasteiger partial charge on any atom is -0.452 e. The van der Waals surface area contributed by atoms with Crippen molar-refractivity contribution >= 4 is 11.8 Å². The van der Waals surface area contributed by atoms with Gasteiger partial charge in [0.05, 0.1) is 7.11 Å². The Labute approximate surface area is 83.6 Å². The van der Waals surface area contributed by atoms with Gasteiger partial charge in [-0.3, -0.25) is 4.90 Å². The first-order chi connectivity index (χ1) is 6.79. The summed E-state index contributed by atoms with van der Waals surface area (Å²) in [5.41, 5.74) is 0.805. The maximum Gasteiger partial charge on any atom is 0.414 e. The predicted molar refractivity (Wildman–Crippen MR) is 56.4 cm³/mol. The van der Waals surface area contributed by atoms with Gasteiger partial charge < -0.3 is 4.74 Å². The van der Waals surface area contributed by atoms with Crippen LogP contribution in [0.4, 0.5) is 10.5 Å². The second-order valence-electron chi connectivity index (χ2n) is 2.70. The zero-order valence-corrected chi connectivity index (χ0v) is 8.14. The lowest BCUT2D eigenvalue weighted by atomic mass is 10.3. The lowest BCUT2D eigenvalue weighted by molar-refractivity contribution is 0.179. The zero-order valence-electron chi connectivity index (χ0n) is 8.14. The van der Waals surface area contributed by atoms with Crippen LogP contribution in [0.5, 0.6) is 0 Å². The fourth-order valence-corrected chi connectivity index (χ4v) is 1.13. The molecule has 0 heterocycles. The molecule has 0 unspecified atom stereocenters. The molecule has 0 radical (unpaired) electrons. The molecular formula is C11H13NO2. The van der Waals surface area contributed by atoms with Crippen LogP contribution in [-0.2, 0) is 4.74 Å². The summed E-state index contributed by atoms with van der Waals surface area (Å²) >= 11 is 0. The molecule has 0 aliphatic carbocycles. The summed E-state index contributed by atoms with van der Waals surface area (Å²) < 4.78 is 4.66. The van der Waals surface area contributed by atoms with E-state index in [-0.39, 0.29) is 6.09 Å². The molecule has 3 heteroatoms. The number of para-hydroxylation sites is 1. The number of nitrogens with zero attached hydrogens (tertiary/aromatic N) is 1. The van der Waals surface area contributed by atoms with Crippen LogP contribution in [0.25, 0.3) is 0 Å². The third-order valence-corrected chi connectivity index (χ3v) is 1.77. The first-order valence-electron chi connectivity index (χ1n) is 4.31. The van der Waals surface area contributed by atoms with Crippen LogP contribution < -0.4 is 4.90 Å². The number of methoxy groups -OCH3 is 1. The van der Waals surface area contributed by atoms with Crippen LogP contribution in [0.2, 0.25) is 0 Å². The van der Waals surface area contributed by atoms with E-state index >= 15 is 0 Å². The molecule has 0 fully saturated rings. The van der Waals surface area contributed by atoms with Gasteiger partial charge in [-0.1, -0.05) is 24.3 Å². The number of rotatable bonds is 3. The fourth-order valence-electron chi connectivity index (χ4n) is 1.13. The zero-order chi connectivity index (χ0) is 10.4. The van der Waals surface area contributed by atoms with Gasteiger partial charge in [-0.25, -0.2) is 4.79 Å². The molecule has 14 heavy (non-hydrogen) atoms. The van der Waals surface area contributed by atoms with Crippen molar-refractivity contribution in [3.63, 3.8) is 0 Å². The monoisotopic (exact) mass is 191 g/mol. The molecular weight excluding hydrogens is 178 g/mol.